The Morgan fingerprint density at radius 3 is 2.55 bits per heavy atom. The molecule has 0 spiro atoms. The standard InChI is InChI=1S/C17H16N2O/c1-12-6-9-14(10-7-12)18-19-16-11-8-13-4-2-3-5-15(13)17(16)20/h2-7,9-10,18H,8,11H2,1H3/b19-16+. The van der Waals surface area contributed by atoms with Gasteiger partial charge in [0.05, 0.1) is 5.69 Å². The third kappa shape index (κ3) is 2.48. The maximum absolute atomic E-state index is 12.3. The normalized spacial score (nSPS) is 16.1. The number of fused-ring (bicyclic) bond motifs is 1. The van der Waals surface area contributed by atoms with Gasteiger partial charge in [0.2, 0.25) is 5.78 Å². The van der Waals surface area contributed by atoms with Crippen LogP contribution < -0.4 is 5.43 Å². The SMILES string of the molecule is Cc1ccc(N/N=C2\CCc3ccccc3C2=O)cc1. The van der Waals surface area contributed by atoms with Gasteiger partial charge >= 0.3 is 0 Å². The van der Waals surface area contributed by atoms with Gasteiger partial charge in [-0.05, 0) is 37.5 Å². The summed E-state index contributed by atoms with van der Waals surface area (Å²) in [5.41, 5.74) is 7.57. The molecule has 0 fully saturated rings. The number of nitrogens with one attached hydrogen (secondary N) is 1. The Kier molecular flexibility index (Phi) is 3.33. The topological polar surface area (TPSA) is 41.5 Å². The van der Waals surface area contributed by atoms with Crippen LogP contribution in [0.2, 0.25) is 0 Å². The van der Waals surface area contributed by atoms with Gasteiger partial charge in [0.15, 0.2) is 0 Å². The van der Waals surface area contributed by atoms with Crippen molar-refractivity contribution in [2.24, 2.45) is 5.10 Å². The summed E-state index contributed by atoms with van der Waals surface area (Å²) >= 11 is 0. The fourth-order valence-electron chi connectivity index (χ4n) is 2.35. The summed E-state index contributed by atoms with van der Waals surface area (Å²) in [4.78, 5) is 12.3. The summed E-state index contributed by atoms with van der Waals surface area (Å²) in [6.45, 7) is 2.04. The number of carbonyl (C=O) groups is 1. The number of benzene rings is 2. The van der Waals surface area contributed by atoms with Gasteiger partial charge < -0.3 is 0 Å². The predicted molar refractivity (Wildman–Crippen MR) is 81.3 cm³/mol. The number of aryl methyl sites for hydroxylation is 2. The highest BCUT2D eigenvalue weighted by molar-refractivity contribution is 6.47. The average Bonchev–Trinajstić information content (AvgIpc) is 2.49. The second-order valence-corrected chi connectivity index (χ2v) is 5.02. The molecule has 1 aliphatic rings. The Morgan fingerprint density at radius 2 is 1.75 bits per heavy atom. The van der Waals surface area contributed by atoms with Crippen LogP contribution in [0.15, 0.2) is 53.6 Å². The zero-order valence-corrected chi connectivity index (χ0v) is 11.4. The molecule has 0 bridgehead atoms. The van der Waals surface area contributed by atoms with E-state index in [1.54, 1.807) is 0 Å². The van der Waals surface area contributed by atoms with E-state index < -0.39 is 0 Å². The lowest BCUT2D eigenvalue weighted by Crippen LogP contribution is -2.23. The lowest BCUT2D eigenvalue weighted by atomic mass is 9.89. The monoisotopic (exact) mass is 264 g/mol. The fraction of sp³-hybridized carbons (Fsp3) is 0.176. The first-order chi connectivity index (χ1) is 9.74. The van der Waals surface area contributed by atoms with Gasteiger partial charge in [0.25, 0.3) is 0 Å². The molecule has 20 heavy (non-hydrogen) atoms. The molecule has 3 heteroatoms. The number of hydrogen-bond acceptors (Lipinski definition) is 3. The number of nitrogens with zero attached hydrogens (tertiary/aromatic N) is 1. The third-order valence-corrected chi connectivity index (χ3v) is 3.53. The molecule has 0 radical (unpaired) electrons. The van der Waals surface area contributed by atoms with Gasteiger partial charge in [-0.2, -0.15) is 5.10 Å². The maximum atomic E-state index is 12.3. The van der Waals surface area contributed by atoms with Crippen LogP contribution in [-0.4, -0.2) is 11.5 Å². The predicted octanol–water partition coefficient (Wildman–Crippen LogP) is 3.59. The van der Waals surface area contributed by atoms with Crippen molar-refractivity contribution >= 4 is 17.2 Å². The molecule has 0 atom stereocenters. The minimum absolute atomic E-state index is 0.0338. The van der Waals surface area contributed by atoms with Crippen LogP contribution in [0.3, 0.4) is 0 Å². The first kappa shape index (κ1) is 12.6. The zero-order valence-electron chi connectivity index (χ0n) is 11.4. The number of ketones is 1. The van der Waals surface area contributed by atoms with Crippen molar-refractivity contribution in [3.63, 3.8) is 0 Å². The molecule has 0 saturated heterocycles. The largest absolute Gasteiger partial charge is 0.287 e. The second kappa shape index (κ2) is 5.29. The summed E-state index contributed by atoms with van der Waals surface area (Å²) in [7, 11) is 0. The Labute approximate surface area is 118 Å². The van der Waals surface area contributed by atoms with Crippen LogP contribution in [0.5, 0.6) is 0 Å². The number of hydrazone groups is 1. The van der Waals surface area contributed by atoms with Crippen molar-refractivity contribution in [2.45, 2.75) is 19.8 Å². The van der Waals surface area contributed by atoms with Gasteiger partial charge in [-0.25, -0.2) is 0 Å². The molecule has 2 aromatic carbocycles. The van der Waals surface area contributed by atoms with Gasteiger partial charge in [0, 0.05) is 5.56 Å². The van der Waals surface area contributed by atoms with E-state index in [9.17, 15) is 4.79 Å². The van der Waals surface area contributed by atoms with E-state index in [0.717, 1.165) is 23.2 Å². The first-order valence-corrected chi connectivity index (χ1v) is 6.76. The summed E-state index contributed by atoms with van der Waals surface area (Å²) < 4.78 is 0. The number of hydrogen-bond donors (Lipinski definition) is 1. The Balaban J connectivity index is 1.80. The van der Waals surface area contributed by atoms with Gasteiger partial charge in [-0.15, -0.1) is 0 Å². The highest BCUT2D eigenvalue weighted by Crippen LogP contribution is 2.19. The molecular weight excluding hydrogens is 248 g/mol. The molecule has 1 aliphatic carbocycles. The highest BCUT2D eigenvalue weighted by atomic mass is 16.1. The summed E-state index contributed by atoms with van der Waals surface area (Å²) in [6, 6.07) is 15.7. The smallest absolute Gasteiger partial charge is 0.209 e. The molecule has 2 aromatic rings. The summed E-state index contributed by atoms with van der Waals surface area (Å²) in [5.74, 6) is 0.0338. The fourth-order valence-corrected chi connectivity index (χ4v) is 2.35. The number of carbonyl (C=O) groups excluding carboxylic acids is 1. The Bertz CT molecular complexity index is 672. The van der Waals surface area contributed by atoms with E-state index in [2.05, 4.69) is 10.5 Å². The molecule has 0 saturated carbocycles. The quantitative estimate of drug-likeness (QED) is 0.842. The lowest BCUT2D eigenvalue weighted by Gasteiger charge is -2.16. The van der Waals surface area contributed by atoms with Crippen molar-refractivity contribution in [3.05, 3.63) is 65.2 Å². The van der Waals surface area contributed by atoms with Crippen LogP contribution in [0.25, 0.3) is 0 Å². The Morgan fingerprint density at radius 1 is 1.00 bits per heavy atom. The van der Waals surface area contributed by atoms with Crippen LogP contribution >= 0.6 is 0 Å². The first-order valence-electron chi connectivity index (χ1n) is 6.76. The summed E-state index contributed by atoms with van der Waals surface area (Å²) in [5, 5.41) is 4.28. The second-order valence-electron chi connectivity index (χ2n) is 5.02. The molecule has 0 amide bonds. The van der Waals surface area contributed by atoms with E-state index in [1.807, 2.05) is 55.5 Å². The van der Waals surface area contributed by atoms with Crippen LogP contribution in [-0.2, 0) is 6.42 Å². The molecule has 0 aromatic heterocycles. The van der Waals surface area contributed by atoms with E-state index in [0.29, 0.717) is 12.1 Å². The minimum Gasteiger partial charge on any atom is -0.287 e. The highest BCUT2D eigenvalue weighted by Gasteiger charge is 2.22. The van der Waals surface area contributed by atoms with Crippen molar-refractivity contribution in [1.29, 1.82) is 0 Å². The van der Waals surface area contributed by atoms with Crippen LogP contribution in [0, 0.1) is 6.92 Å². The average molecular weight is 264 g/mol. The summed E-state index contributed by atoms with van der Waals surface area (Å²) in [6.07, 6.45) is 1.56. The minimum atomic E-state index is 0.0338. The zero-order chi connectivity index (χ0) is 13.9. The van der Waals surface area contributed by atoms with E-state index in [1.165, 1.54) is 5.56 Å². The molecule has 0 aliphatic heterocycles. The van der Waals surface area contributed by atoms with E-state index in [4.69, 9.17) is 0 Å². The molecule has 3 nitrogen and oxygen atoms in total. The molecule has 0 heterocycles. The van der Waals surface area contributed by atoms with Gasteiger partial charge in [-0.3, -0.25) is 10.2 Å². The van der Waals surface area contributed by atoms with Crippen molar-refractivity contribution < 1.29 is 4.79 Å². The van der Waals surface area contributed by atoms with Crippen LogP contribution in [0.4, 0.5) is 5.69 Å². The maximum Gasteiger partial charge on any atom is 0.209 e. The molecule has 3 rings (SSSR count). The molecule has 1 N–H and O–H groups in total. The van der Waals surface area contributed by atoms with Crippen molar-refractivity contribution in [3.8, 4) is 0 Å². The number of anilines is 1. The molecular formula is C17H16N2O. The number of Topliss-reactive ketones (excluding diaryl/α,β-unsaturated/α-hetero) is 1. The third-order valence-electron chi connectivity index (χ3n) is 3.53. The molecule has 0 unspecified atom stereocenters. The molecule has 100 valence electrons. The van der Waals surface area contributed by atoms with Gasteiger partial charge in [0.1, 0.15) is 5.71 Å². The van der Waals surface area contributed by atoms with E-state index in [-0.39, 0.29) is 5.78 Å². The van der Waals surface area contributed by atoms with Gasteiger partial charge in [-0.1, -0.05) is 42.0 Å². The van der Waals surface area contributed by atoms with Crippen LogP contribution in [0.1, 0.15) is 27.9 Å². The van der Waals surface area contributed by atoms with Crippen molar-refractivity contribution in [2.75, 3.05) is 5.43 Å². The Hall–Kier alpha value is -2.42. The van der Waals surface area contributed by atoms with E-state index >= 15 is 0 Å². The van der Waals surface area contributed by atoms with Crippen molar-refractivity contribution in [1.82, 2.24) is 0 Å². The lowest BCUT2D eigenvalue weighted by molar-refractivity contribution is 0.106. The number of rotatable bonds is 2.